The normalized spacial score (nSPS) is 15.3. The molecule has 1 heterocycles. The smallest absolute Gasteiger partial charge is 0.232 e. The molecule has 0 spiro atoms. The Morgan fingerprint density at radius 3 is 2.79 bits per heavy atom. The van der Waals surface area contributed by atoms with Crippen LogP contribution in [0, 0.1) is 0 Å². The minimum absolute atomic E-state index is 0.212. The third-order valence-corrected chi connectivity index (χ3v) is 4.29. The maximum atomic E-state index is 12.1. The fraction of sp³-hybridized carbons (Fsp3) is 0.500. The van der Waals surface area contributed by atoms with Crippen LogP contribution in [0.4, 0.5) is 5.69 Å². The highest BCUT2D eigenvalue weighted by Gasteiger charge is 2.17. The van der Waals surface area contributed by atoms with Crippen molar-refractivity contribution in [2.24, 2.45) is 0 Å². The van der Waals surface area contributed by atoms with Crippen LogP contribution in [0.3, 0.4) is 0 Å². The quantitative estimate of drug-likeness (QED) is 0.679. The molecule has 4 nitrogen and oxygen atoms in total. The van der Waals surface area contributed by atoms with Crippen molar-refractivity contribution >= 4 is 23.4 Å². The van der Waals surface area contributed by atoms with E-state index in [1.165, 1.54) is 18.2 Å². The van der Waals surface area contributed by atoms with Crippen molar-refractivity contribution in [2.45, 2.75) is 24.2 Å². The van der Waals surface area contributed by atoms with Gasteiger partial charge < -0.3 is 15.4 Å². The van der Waals surface area contributed by atoms with Crippen LogP contribution < -0.4 is 10.5 Å². The van der Waals surface area contributed by atoms with E-state index in [2.05, 4.69) is 0 Å². The van der Waals surface area contributed by atoms with E-state index >= 15 is 0 Å². The van der Waals surface area contributed by atoms with Gasteiger partial charge in [0.1, 0.15) is 5.75 Å². The van der Waals surface area contributed by atoms with Crippen molar-refractivity contribution in [3.63, 3.8) is 0 Å². The molecule has 0 unspecified atom stereocenters. The number of ether oxygens (including phenoxy) is 1. The molecule has 1 saturated heterocycles. The second-order valence-corrected chi connectivity index (χ2v) is 5.66. The number of rotatable bonds is 4. The number of anilines is 1. The lowest BCUT2D eigenvalue weighted by atomic mass is 10.1. The molecule has 1 amide bonds. The van der Waals surface area contributed by atoms with E-state index in [1.54, 1.807) is 13.2 Å². The summed E-state index contributed by atoms with van der Waals surface area (Å²) in [5.74, 6) is 1.40. The maximum Gasteiger partial charge on any atom is 0.232 e. The number of hydrogen-bond acceptors (Lipinski definition) is 4. The first kappa shape index (κ1) is 14.1. The topological polar surface area (TPSA) is 55.6 Å². The molecule has 1 aromatic carbocycles. The van der Waals surface area contributed by atoms with E-state index in [0.717, 1.165) is 36.6 Å². The van der Waals surface area contributed by atoms with Gasteiger partial charge in [0, 0.05) is 29.7 Å². The van der Waals surface area contributed by atoms with Gasteiger partial charge in [-0.2, -0.15) is 0 Å². The lowest BCUT2D eigenvalue weighted by Crippen LogP contribution is -2.36. The summed E-state index contributed by atoms with van der Waals surface area (Å²) in [6.07, 6.45) is 3.49. The first-order chi connectivity index (χ1) is 9.20. The van der Waals surface area contributed by atoms with E-state index in [-0.39, 0.29) is 5.91 Å². The highest BCUT2D eigenvalue weighted by molar-refractivity contribution is 8.00. The van der Waals surface area contributed by atoms with Crippen molar-refractivity contribution in [1.29, 1.82) is 0 Å². The molecule has 1 fully saturated rings. The maximum absolute atomic E-state index is 12.1. The molecule has 0 aliphatic carbocycles. The molecule has 2 rings (SSSR count). The number of hydrogen-bond donors (Lipinski definition) is 1. The number of nitrogens with zero attached hydrogens (tertiary/aromatic N) is 1. The molecule has 1 aromatic rings. The molecule has 0 radical (unpaired) electrons. The molecule has 1 aliphatic heterocycles. The van der Waals surface area contributed by atoms with Gasteiger partial charge in [0.2, 0.25) is 5.91 Å². The van der Waals surface area contributed by atoms with E-state index < -0.39 is 0 Å². The minimum atomic E-state index is 0.212. The van der Waals surface area contributed by atoms with E-state index in [4.69, 9.17) is 10.5 Å². The molecule has 0 atom stereocenters. The van der Waals surface area contributed by atoms with Crippen molar-refractivity contribution in [1.82, 2.24) is 4.90 Å². The average Bonchev–Trinajstić information content (AvgIpc) is 2.46. The number of nitrogens with two attached hydrogens (primary N) is 1. The molecule has 5 heteroatoms. The van der Waals surface area contributed by atoms with Gasteiger partial charge in [-0.05, 0) is 31.4 Å². The Balaban J connectivity index is 1.92. The molecular weight excluding hydrogens is 260 g/mol. The number of amides is 1. The van der Waals surface area contributed by atoms with Crippen LogP contribution in [-0.2, 0) is 4.79 Å². The lowest BCUT2D eigenvalue weighted by Gasteiger charge is -2.26. The van der Waals surface area contributed by atoms with Gasteiger partial charge in [0.15, 0.2) is 0 Å². The van der Waals surface area contributed by atoms with Gasteiger partial charge in [-0.15, -0.1) is 11.8 Å². The number of piperidine rings is 1. The highest BCUT2D eigenvalue weighted by Crippen LogP contribution is 2.31. The Bertz CT molecular complexity index is 445. The largest absolute Gasteiger partial charge is 0.496 e. The first-order valence-corrected chi connectivity index (χ1v) is 7.53. The van der Waals surface area contributed by atoms with Crippen molar-refractivity contribution in [3.8, 4) is 5.75 Å². The van der Waals surface area contributed by atoms with Crippen LogP contribution in [0.15, 0.2) is 23.1 Å². The van der Waals surface area contributed by atoms with Crippen molar-refractivity contribution in [3.05, 3.63) is 18.2 Å². The molecule has 19 heavy (non-hydrogen) atoms. The highest BCUT2D eigenvalue weighted by atomic mass is 32.2. The van der Waals surface area contributed by atoms with Gasteiger partial charge in [-0.25, -0.2) is 0 Å². The summed E-state index contributed by atoms with van der Waals surface area (Å²) in [6.45, 7) is 1.80. The summed E-state index contributed by atoms with van der Waals surface area (Å²) >= 11 is 1.51. The fourth-order valence-electron chi connectivity index (χ4n) is 2.18. The second-order valence-electron chi connectivity index (χ2n) is 4.64. The summed E-state index contributed by atoms with van der Waals surface area (Å²) in [7, 11) is 1.62. The zero-order valence-corrected chi connectivity index (χ0v) is 12.0. The van der Waals surface area contributed by atoms with Crippen LogP contribution >= 0.6 is 11.8 Å². The number of likely N-dealkylation sites (tertiary alicyclic amines) is 1. The van der Waals surface area contributed by atoms with Crippen LogP contribution in [0.25, 0.3) is 0 Å². The monoisotopic (exact) mass is 280 g/mol. The van der Waals surface area contributed by atoms with Gasteiger partial charge in [-0.3, -0.25) is 4.79 Å². The zero-order valence-electron chi connectivity index (χ0n) is 11.2. The third-order valence-electron chi connectivity index (χ3n) is 3.25. The number of benzene rings is 1. The molecule has 0 aromatic heterocycles. The van der Waals surface area contributed by atoms with E-state index in [1.807, 2.05) is 17.0 Å². The first-order valence-electron chi connectivity index (χ1n) is 6.55. The second kappa shape index (κ2) is 6.70. The Kier molecular flexibility index (Phi) is 4.96. The molecule has 1 aliphatic rings. The molecule has 0 bridgehead atoms. The van der Waals surface area contributed by atoms with Gasteiger partial charge in [0.25, 0.3) is 0 Å². The Morgan fingerprint density at radius 1 is 1.37 bits per heavy atom. The van der Waals surface area contributed by atoms with Gasteiger partial charge in [-0.1, -0.05) is 0 Å². The third kappa shape index (κ3) is 3.80. The van der Waals surface area contributed by atoms with Crippen LogP contribution in [-0.4, -0.2) is 36.8 Å². The zero-order chi connectivity index (χ0) is 13.7. The SMILES string of the molecule is COc1cc(N)ccc1SCC(=O)N1CCCCC1. The lowest BCUT2D eigenvalue weighted by molar-refractivity contribution is -0.129. The number of methoxy groups -OCH3 is 1. The summed E-state index contributed by atoms with van der Waals surface area (Å²) < 4.78 is 5.28. The number of nitrogen functional groups attached to an aromatic ring is 1. The molecule has 2 N–H and O–H groups in total. The van der Waals surface area contributed by atoms with Crippen LogP contribution in [0.1, 0.15) is 19.3 Å². The predicted molar refractivity (Wildman–Crippen MR) is 78.6 cm³/mol. The summed E-state index contributed by atoms with van der Waals surface area (Å²) in [4.78, 5) is 15.0. The molecular formula is C14H20N2O2S. The number of carbonyl (C=O) groups is 1. The van der Waals surface area contributed by atoms with Gasteiger partial charge in [0.05, 0.1) is 12.9 Å². The van der Waals surface area contributed by atoms with E-state index in [9.17, 15) is 4.79 Å². The number of thioether (sulfide) groups is 1. The fourth-order valence-corrected chi connectivity index (χ4v) is 3.09. The summed E-state index contributed by atoms with van der Waals surface area (Å²) in [6, 6.07) is 5.52. The van der Waals surface area contributed by atoms with Crippen molar-refractivity contribution in [2.75, 3.05) is 31.7 Å². The molecule has 104 valence electrons. The van der Waals surface area contributed by atoms with Gasteiger partial charge >= 0.3 is 0 Å². The van der Waals surface area contributed by atoms with Crippen LogP contribution in [0.5, 0.6) is 5.75 Å². The Labute approximate surface area is 118 Å². The minimum Gasteiger partial charge on any atom is -0.496 e. The summed E-state index contributed by atoms with van der Waals surface area (Å²) in [5.41, 5.74) is 6.38. The Morgan fingerprint density at radius 2 is 2.11 bits per heavy atom. The standard InChI is InChI=1S/C14H20N2O2S/c1-18-12-9-11(15)5-6-13(12)19-10-14(17)16-7-3-2-4-8-16/h5-6,9H,2-4,7-8,10,15H2,1H3. The van der Waals surface area contributed by atoms with E-state index in [0.29, 0.717) is 11.4 Å². The number of carbonyl (C=O) groups excluding carboxylic acids is 1. The predicted octanol–water partition coefficient (Wildman–Crippen LogP) is 2.38. The Hall–Kier alpha value is -1.36. The van der Waals surface area contributed by atoms with Crippen LogP contribution in [0.2, 0.25) is 0 Å². The molecule has 0 saturated carbocycles. The average molecular weight is 280 g/mol. The summed E-state index contributed by atoms with van der Waals surface area (Å²) in [5, 5.41) is 0. The van der Waals surface area contributed by atoms with Crippen molar-refractivity contribution < 1.29 is 9.53 Å².